The van der Waals surface area contributed by atoms with E-state index in [-0.39, 0.29) is 0 Å². The molecule has 0 aliphatic rings. The Morgan fingerprint density at radius 3 is 2.19 bits per heavy atom. The lowest BCUT2D eigenvalue weighted by Crippen LogP contribution is -2.08. The van der Waals surface area contributed by atoms with Gasteiger partial charge in [0.1, 0.15) is 0 Å². The van der Waals surface area contributed by atoms with E-state index >= 15 is 0 Å². The van der Waals surface area contributed by atoms with Crippen LogP contribution in [0.15, 0.2) is 54.6 Å². The maximum absolute atomic E-state index is 3.88. The maximum Gasteiger partial charge on any atom is 0.0594 e. The van der Waals surface area contributed by atoms with E-state index in [9.17, 15) is 0 Å². The van der Waals surface area contributed by atoms with Crippen LogP contribution in [0.2, 0.25) is 0 Å². The Labute approximate surface area is 111 Å². The molecular formula is C14H13IN. The summed E-state index contributed by atoms with van der Waals surface area (Å²) < 4.78 is 2.20. The molecule has 0 fully saturated rings. The van der Waals surface area contributed by atoms with Crippen LogP contribution >= 0.6 is 22.9 Å². The van der Waals surface area contributed by atoms with Crippen molar-refractivity contribution < 1.29 is 0 Å². The number of hydrogen-bond acceptors (Lipinski definition) is 1. The molecular weight excluding hydrogens is 309 g/mol. The minimum absolute atomic E-state index is 0.915. The third kappa shape index (κ3) is 2.98. The van der Waals surface area contributed by atoms with Crippen LogP contribution in [-0.2, 0) is 6.54 Å². The first-order chi connectivity index (χ1) is 7.75. The van der Waals surface area contributed by atoms with Gasteiger partial charge in [-0.2, -0.15) is 0 Å². The molecule has 1 radical (unpaired) electrons. The highest BCUT2D eigenvalue weighted by Crippen LogP contribution is 2.21. The Bertz CT molecular complexity index is 436. The molecule has 2 aromatic carbocycles. The largest absolute Gasteiger partial charge is 0.310 e. The quantitative estimate of drug-likeness (QED) is 0.604. The van der Waals surface area contributed by atoms with Crippen LogP contribution in [-0.4, -0.2) is 0 Å². The average molecular weight is 322 g/mol. The molecule has 2 rings (SSSR count). The van der Waals surface area contributed by atoms with Crippen LogP contribution in [0, 0.1) is 6.92 Å². The summed E-state index contributed by atoms with van der Waals surface area (Å²) in [5, 5.41) is 0. The number of benzene rings is 2. The van der Waals surface area contributed by atoms with Gasteiger partial charge in [-0.05, 0) is 30.2 Å². The van der Waals surface area contributed by atoms with Gasteiger partial charge in [0.15, 0.2) is 0 Å². The SMILES string of the molecule is [CH2]c1ccc(N(I)Cc2ccccc2)cc1. The summed E-state index contributed by atoms with van der Waals surface area (Å²) in [5.41, 5.74) is 3.57. The van der Waals surface area contributed by atoms with Crippen LogP contribution in [0.5, 0.6) is 0 Å². The molecule has 0 bridgehead atoms. The lowest BCUT2D eigenvalue weighted by Gasteiger charge is -2.16. The molecule has 0 saturated carbocycles. The fourth-order valence-electron chi connectivity index (χ4n) is 1.49. The smallest absolute Gasteiger partial charge is 0.0594 e. The van der Waals surface area contributed by atoms with E-state index in [4.69, 9.17) is 0 Å². The Kier molecular flexibility index (Phi) is 3.83. The standard InChI is InChI=1S/C14H13IN/c1-12-7-9-14(10-8-12)16(15)11-13-5-3-2-4-6-13/h2-10H,1,11H2. The number of halogens is 1. The Morgan fingerprint density at radius 2 is 1.56 bits per heavy atom. The fourth-order valence-corrected chi connectivity index (χ4v) is 2.21. The molecule has 0 atom stereocenters. The molecule has 2 aromatic rings. The van der Waals surface area contributed by atoms with E-state index in [1.54, 1.807) is 0 Å². The fraction of sp³-hybridized carbons (Fsp3) is 0.0714. The molecule has 0 aliphatic carbocycles. The summed E-state index contributed by atoms with van der Waals surface area (Å²) in [5.74, 6) is 0. The van der Waals surface area contributed by atoms with Gasteiger partial charge in [-0.25, -0.2) is 0 Å². The zero-order valence-electron chi connectivity index (χ0n) is 8.94. The van der Waals surface area contributed by atoms with Crippen molar-refractivity contribution in [3.05, 3.63) is 72.6 Å². The highest BCUT2D eigenvalue weighted by Gasteiger charge is 2.02. The van der Waals surface area contributed by atoms with Crippen molar-refractivity contribution in [2.24, 2.45) is 0 Å². The van der Waals surface area contributed by atoms with Crippen LogP contribution in [0.25, 0.3) is 0 Å². The Balaban J connectivity index is 2.09. The zero-order valence-corrected chi connectivity index (χ0v) is 11.1. The normalized spacial score (nSPS) is 10.1. The minimum Gasteiger partial charge on any atom is -0.310 e. The van der Waals surface area contributed by atoms with Crippen molar-refractivity contribution in [1.29, 1.82) is 0 Å². The van der Waals surface area contributed by atoms with Crippen LogP contribution in [0.4, 0.5) is 5.69 Å². The summed E-state index contributed by atoms with van der Waals surface area (Å²) in [6.45, 7) is 4.80. The number of rotatable bonds is 3. The predicted octanol–water partition coefficient (Wildman–Crippen LogP) is 4.23. The first-order valence-corrected chi connectivity index (χ1v) is 6.11. The number of nitrogens with zero attached hydrogens (tertiary/aromatic N) is 1. The molecule has 81 valence electrons. The van der Waals surface area contributed by atoms with E-state index < -0.39 is 0 Å². The van der Waals surface area contributed by atoms with Crippen LogP contribution in [0.1, 0.15) is 11.1 Å². The topological polar surface area (TPSA) is 3.24 Å². The van der Waals surface area contributed by atoms with Gasteiger partial charge in [-0.3, -0.25) is 0 Å². The van der Waals surface area contributed by atoms with Gasteiger partial charge in [-0.15, -0.1) is 0 Å². The minimum atomic E-state index is 0.915. The maximum atomic E-state index is 3.88. The highest BCUT2D eigenvalue weighted by molar-refractivity contribution is 14.1. The summed E-state index contributed by atoms with van der Waals surface area (Å²) in [6.07, 6.45) is 0. The lowest BCUT2D eigenvalue weighted by atomic mass is 10.2. The molecule has 16 heavy (non-hydrogen) atoms. The van der Waals surface area contributed by atoms with Crippen molar-refractivity contribution in [1.82, 2.24) is 0 Å². The molecule has 0 aliphatic heterocycles. The van der Waals surface area contributed by atoms with Crippen LogP contribution < -0.4 is 3.11 Å². The Morgan fingerprint density at radius 1 is 0.938 bits per heavy atom. The molecule has 0 N–H and O–H groups in total. The van der Waals surface area contributed by atoms with Crippen molar-refractivity contribution in [3.63, 3.8) is 0 Å². The second-order valence-corrected chi connectivity index (χ2v) is 4.84. The van der Waals surface area contributed by atoms with Gasteiger partial charge < -0.3 is 3.11 Å². The molecule has 0 unspecified atom stereocenters. The second-order valence-electron chi connectivity index (χ2n) is 3.67. The zero-order chi connectivity index (χ0) is 11.4. The highest BCUT2D eigenvalue weighted by atomic mass is 127. The molecule has 0 saturated heterocycles. The van der Waals surface area contributed by atoms with Crippen molar-refractivity contribution in [3.8, 4) is 0 Å². The van der Waals surface area contributed by atoms with Crippen molar-refractivity contribution in [2.75, 3.05) is 3.11 Å². The number of anilines is 1. The third-order valence-electron chi connectivity index (χ3n) is 2.38. The van der Waals surface area contributed by atoms with Gasteiger partial charge in [0, 0.05) is 5.69 Å². The van der Waals surface area contributed by atoms with E-state index in [2.05, 4.69) is 69.3 Å². The van der Waals surface area contributed by atoms with Gasteiger partial charge in [-0.1, -0.05) is 42.5 Å². The third-order valence-corrected chi connectivity index (χ3v) is 3.28. The summed E-state index contributed by atoms with van der Waals surface area (Å²) in [6, 6.07) is 18.7. The molecule has 0 heterocycles. The van der Waals surface area contributed by atoms with Crippen molar-refractivity contribution in [2.45, 2.75) is 6.54 Å². The van der Waals surface area contributed by atoms with E-state index in [0.717, 1.165) is 12.1 Å². The van der Waals surface area contributed by atoms with Gasteiger partial charge in [0.25, 0.3) is 0 Å². The Hall–Kier alpha value is -1.03. The first kappa shape index (κ1) is 11.5. The molecule has 0 amide bonds. The summed E-state index contributed by atoms with van der Waals surface area (Å²) >= 11 is 2.34. The van der Waals surface area contributed by atoms with Gasteiger partial charge in [0.2, 0.25) is 0 Å². The second kappa shape index (κ2) is 5.34. The lowest BCUT2D eigenvalue weighted by molar-refractivity contribution is 1.08. The molecule has 2 heteroatoms. The van der Waals surface area contributed by atoms with Gasteiger partial charge in [0.05, 0.1) is 29.4 Å². The van der Waals surface area contributed by atoms with E-state index in [1.165, 1.54) is 11.3 Å². The van der Waals surface area contributed by atoms with Gasteiger partial charge >= 0.3 is 0 Å². The van der Waals surface area contributed by atoms with E-state index in [1.807, 2.05) is 18.2 Å². The number of hydrogen-bond donors (Lipinski definition) is 0. The van der Waals surface area contributed by atoms with Crippen LogP contribution in [0.3, 0.4) is 0 Å². The molecule has 1 nitrogen and oxygen atoms in total. The predicted molar refractivity (Wildman–Crippen MR) is 77.5 cm³/mol. The summed E-state index contributed by atoms with van der Waals surface area (Å²) in [7, 11) is 0. The van der Waals surface area contributed by atoms with Crippen molar-refractivity contribution >= 4 is 28.6 Å². The summed E-state index contributed by atoms with van der Waals surface area (Å²) in [4.78, 5) is 0. The first-order valence-electron chi connectivity index (χ1n) is 5.15. The average Bonchev–Trinajstić information content (AvgIpc) is 2.31. The molecule has 0 aromatic heterocycles. The van der Waals surface area contributed by atoms with E-state index in [0.29, 0.717) is 0 Å². The monoisotopic (exact) mass is 322 g/mol. The molecule has 0 spiro atoms.